The molecular formula is C16H23NO4. The monoisotopic (exact) mass is 293 g/mol. The highest BCUT2D eigenvalue weighted by Gasteiger charge is 2.37. The van der Waals surface area contributed by atoms with E-state index in [1.165, 1.54) is 0 Å². The van der Waals surface area contributed by atoms with Crippen LogP contribution in [0.25, 0.3) is 0 Å². The summed E-state index contributed by atoms with van der Waals surface area (Å²) in [5, 5.41) is 0. The van der Waals surface area contributed by atoms with Gasteiger partial charge in [-0.1, -0.05) is 0 Å². The molecule has 0 aromatic heterocycles. The lowest BCUT2D eigenvalue weighted by atomic mass is 10.0. The van der Waals surface area contributed by atoms with Crippen LogP contribution in [0.4, 0.5) is 0 Å². The zero-order valence-corrected chi connectivity index (χ0v) is 13.0. The lowest BCUT2D eigenvalue weighted by molar-refractivity contribution is -0.00461. The lowest BCUT2D eigenvalue weighted by Gasteiger charge is -2.22. The fourth-order valence-corrected chi connectivity index (χ4v) is 2.70. The van der Waals surface area contributed by atoms with Crippen LogP contribution in [0.15, 0.2) is 24.3 Å². The Morgan fingerprint density at radius 2 is 1.62 bits per heavy atom. The van der Waals surface area contributed by atoms with E-state index in [2.05, 4.69) is 4.90 Å². The summed E-state index contributed by atoms with van der Waals surface area (Å²) in [4.78, 5) is 14.7. The van der Waals surface area contributed by atoms with Crippen LogP contribution < -0.4 is 4.74 Å². The molecule has 0 radical (unpaired) electrons. The van der Waals surface area contributed by atoms with E-state index in [1.54, 1.807) is 45.6 Å². The van der Waals surface area contributed by atoms with Crippen LogP contribution in [-0.4, -0.2) is 63.4 Å². The zero-order chi connectivity index (χ0) is 15.4. The molecule has 1 fully saturated rings. The van der Waals surface area contributed by atoms with Crippen LogP contribution in [0, 0.1) is 0 Å². The Morgan fingerprint density at radius 1 is 1.10 bits per heavy atom. The molecule has 21 heavy (non-hydrogen) atoms. The highest BCUT2D eigenvalue weighted by molar-refractivity contribution is 5.99. The maximum atomic E-state index is 12.6. The van der Waals surface area contributed by atoms with Gasteiger partial charge in [-0.05, 0) is 31.2 Å². The van der Waals surface area contributed by atoms with E-state index in [4.69, 9.17) is 14.2 Å². The van der Waals surface area contributed by atoms with Crippen molar-refractivity contribution in [3.05, 3.63) is 29.8 Å². The number of rotatable bonds is 6. The summed E-state index contributed by atoms with van der Waals surface area (Å²) in [5.74, 6) is 0.850. The number of ether oxygens (including phenoxy) is 3. The maximum absolute atomic E-state index is 12.6. The molecule has 1 aromatic rings. The third-order valence-corrected chi connectivity index (χ3v) is 4.15. The van der Waals surface area contributed by atoms with Crippen LogP contribution in [0.5, 0.6) is 5.75 Å². The van der Waals surface area contributed by atoms with Crippen LogP contribution in [-0.2, 0) is 9.47 Å². The second-order valence-corrected chi connectivity index (χ2v) is 5.27. The first-order chi connectivity index (χ1) is 10.1. The molecule has 0 saturated carbocycles. The van der Waals surface area contributed by atoms with Gasteiger partial charge < -0.3 is 14.2 Å². The fraction of sp³-hybridized carbons (Fsp3) is 0.562. The number of carbonyl (C=O) groups is 1. The first-order valence-corrected chi connectivity index (χ1v) is 7.08. The average molecular weight is 293 g/mol. The molecule has 1 aromatic carbocycles. The van der Waals surface area contributed by atoms with E-state index in [0.29, 0.717) is 18.7 Å². The highest BCUT2D eigenvalue weighted by atomic mass is 16.5. The molecule has 5 heteroatoms. The van der Waals surface area contributed by atoms with Crippen molar-refractivity contribution in [2.24, 2.45) is 0 Å². The van der Waals surface area contributed by atoms with Gasteiger partial charge in [0.2, 0.25) is 0 Å². The number of Topliss-reactive ketones (excluding diaryl/α,β-unsaturated/α-hetero) is 1. The Bertz CT molecular complexity index is 462. The van der Waals surface area contributed by atoms with Crippen LogP contribution in [0.1, 0.15) is 17.3 Å². The van der Waals surface area contributed by atoms with Crippen molar-refractivity contribution in [2.45, 2.75) is 25.2 Å². The third-order valence-electron chi connectivity index (χ3n) is 4.15. The first-order valence-electron chi connectivity index (χ1n) is 7.08. The molecule has 1 saturated heterocycles. The SMILES string of the molecule is COc1ccc(C(=O)C(C)N2CC(OC)C(OC)C2)cc1. The van der Waals surface area contributed by atoms with Crippen molar-refractivity contribution in [1.82, 2.24) is 4.90 Å². The van der Waals surface area contributed by atoms with E-state index < -0.39 is 0 Å². The Balaban J connectivity index is 2.05. The van der Waals surface area contributed by atoms with Crippen LogP contribution >= 0.6 is 0 Å². The van der Waals surface area contributed by atoms with Gasteiger partial charge in [-0.25, -0.2) is 0 Å². The minimum atomic E-state index is -0.198. The third kappa shape index (κ3) is 3.43. The van der Waals surface area contributed by atoms with E-state index >= 15 is 0 Å². The number of hydrogen-bond donors (Lipinski definition) is 0. The molecule has 3 unspecified atom stereocenters. The van der Waals surface area contributed by atoms with Gasteiger partial charge in [0, 0.05) is 32.9 Å². The molecule has 0 aliphatic carbocycles. The molecule has 1 heterocycles. The normalized spacial score (nSPS) is 24.0. The van der Waals surface area contributed by atoms with Gasteiger partial charge in [0.15, 0.2) is 5.78 Å². The second kappa shape index (κ2) is 7.02. The highest BCUT2D eigenvalue weighted by Crippen LogP contribution is 2.21. The van der Waals surface area contributed by atoms with Crippen molar-refractivity contribution in [3.8, 4) is 5.75 Å². The van der Waals surface area contributed by atoms with Gasteiger partial charge in [-0.3, -0.25) is 9.69 Å². The number of likely N-dealkylation sites (tertiary alicyclic amines) is 1. The van der Waals surface area contributed by atoms with E-state index in [1.807, 2.05) is 6.92 Å². The maximum Gasteiger partial charge on any atom is 0.179 e. The topological polar surface area (TPSA) is 48.0 Å². The van der Waals surface area contributed by atoms with Gasteiger partial charge in [-0.15, -0.1) is 0 Å². The number of methoxy groups -OCH3 is 3. The Labute approximate surface area is 125 Å². The van der Waals surface area contributed by atoms with Crippen molar-refractivity contribution < 1.29 is 19.0 Å². The Kier molecular flexibility index (Phi) is 5.33. The van der Waals surface area contributed by atoms with Gasteiger partial charge in [0.25, 0.3) is 0 Å². The van der Waals surface area contributed by atoms with Crippen molar-refractivity contribution in [3.63, 3.8) is 0 Å². The molecule has 3 atom stereocenters. The Hall–Kier alpha value is -1.43. The molecule has 2 rings (SSSR count). The predicted octanol–water partition coefficient (Wildman–Crippen LogP) is 1.61. The summed E-state index contributed by atoms with van der Waals surface area (Å²) >= 11 is 0. The van der Waals surface area contributed by atoms with Crippen molar-refractivity contribution >= 4 is 5.78 Å². The summed E-state index contributed by atoms with van der Waals surface area (Å²) in [6, 6.07) is 7.01. The number of carbonyl (C=O) groups excluding carboxylic acids is 1. The van der Waals surface area contributed by atoms with Crippen LogP contribution in [0.3, 0.4) is 0 Å². The first kappa shape index (κ1) is 15.9. The van der Waals surface area contributed by atoms with Gasteiger partial charge in [0.1, 0.15) is 5.75 Å². The van der Waals surface area contributed by atoms with Gasteiger partial charge in [0.05, 0.1) is 25.4 Å². The summed E-state index contributed by atoms with van der Waals surface area (Å²) in [7, 11) is 4.96. The molecule has 116 valence electrons. The second-order valence-electron chi connectivity index (χ2n) is 5.27. The number of hydrogen-bond acceptors (Lipinski definition) is 5. The van der Waals surface area contributed by atoms with E-state index in [-0.39, 0.29) is 24.0 Å². The lowest BCUT2D eigenvalue weighted by Crippen LogP contribution is -2.38. The molecule has 0 amide bonds. The number of benzene rings is 1. The fourth-order valence-electron chi connectivity index (χ4n) is 2.70. The standard InChI is InChI=1S/C16H23NO4/c1-11(17-9-14(20-3)15(10-17)21-4)16(18)12-5-7-13(19-2)8-6-12/h5-8,11,14-15H,9-10H2,1-4H3. The van der Waals surface area contributed by atoms with Crippen LogP contribution in [0.2, 0.25) is 0 Å². The smallest absolute Gasteiger partial charge is 0.179 e. The Morgan fingerprint density at radius 3 is 2.05 bits per heavy atom. The molecule has 0 bridgehead atoms. The zero-order valence-electron chi connectivity index (χ0n) is 13.0. The number of nitrogens with zero attached hydrogens (tertiary/aromatic N) is 1. The minimum absolute atomic E-state index is 0.0149. The van der Waals surface area contributed by atoms with E-state index in [9.17, 15) is 4.79 Å². The predicted molar refractivity (Wildman–Crippen MR) is 80.0 cm³/mol. The largest absolute Gasteiger partial charge is 0.497 e. The molecular weight excluding hydrogens is 270 g/mol. The summed E-state index contributed by atoms with van der Waals surface area (Å²) in [5.41, 5.74) is 0.693. The quantitative estimate of drug-likeness (QED) is 0.746. The van der Waals surface area contributed by atoms with E-state index in [0.717, 1.165) is 5.75 Å². The molecule has 0 spiro atoms. The summed E-state index contributed by atoms with van der Waals surface area (Å²) in [6.45, 7) is 3.34. The molecule has 0 N–H and O–H groups in total. The number of ketones is 1. The average Bonchev–Trinajstić information content (AvgIpc) is 2.96. The molecule has 1 aliphatic heterocycles. The van der Waals surface area contributed by atoms with Crippen molar-refractivity contribution in [1.29, 1.82) is 0 Å². The molecule has 1 aliphatic rings. The summed E-state index contributed by atoms with van der Waals surface area (Å²) < 4.78 is 15.9. The summed E-state index contributed by atoms with van der Waals surface area (Å²) in [6.07, 6.45) is 0.0298. The van der Waals surface area contributed by atoms with Gasteiger partial charge >= 0.3 is 0 Å². The minimum Gasteiger partial charge on any atom is -0.497 e. The van der Waals surface area contributed by atoms with Crippen molar-refractivity contribution in [2.75, 3.05) is 34.4 Å². The molecule has 5 nitrogen and oxygen atoms in total. The van der Waals surface area contributed by atoms with Gasteiger partial charge in [-0.2, -0.15) is 0 Å².